The molecule has 0 bridgehead atoms. The van der Waals surface area contributed by atoms with Crippen molar-refractivity contribution in [1.82, 2.24) is 9.78 Å². The molecule has 0 radical (unpaired) electrons. The van der Waals surface area contributed by atoms with E-state index in [0.717, 1.165) is 10.7 Å². The van der Waals surface area contributed by atoms with E-state index in [4.69, 9.17) is 5.73 Å². The van der Waals surface area contributed by atoms with Crippen LogP contribution in [0.25, 0.3) is 5.69 Å². The SMILES string of the molecule is Cc1c(N)cnn1-c1cc(F)c(F)cc1F. The van der Waals surface area contributed by atoms with Crippen LogP contribution in [0.4, 0.5) is 18.9 Å². The number of nitrogens with zero attached hydrogens (tertiary/aromatic N) is 2. The topological polar surface area (TPSA) is 43.8 Å². The lowest BCUT2D eigenvalue weighted by Gasteiger charge is -2.06. The molecule has 1 aromatic heterocycles. The maximum Gasteiger partial charge on any atom is 0.161 e. The van der Waals surface area contributed by atoms with Gasteiger partial charge in [0.2, 0.25) is 0 Å². The Morgan fingerprint density at radius 2 is 1.75 bits per heavy atom. The Kier molecular flexibility index (Phi) is 2.34. The minimum absolute atomic E-state index is 0.173. The minimum Gasteiger partial charge on any atom is -0.396 e. The van der Waals surface area contributed by atoms with Gasteiger partial charge >= 0.3 is 0 Å². The second-order valence-electron chi connectivity index (χ2n) is 3.31. The fraction of sp³-hybridized carbons (Fsp3) is 0.100. The van der Waals surface area contributed by atoms with Gasteiger partial charge in [-0.3, -0.25) is 0 Å². The summed E-state index contributed by atoms with van der Waals surface area (Å²) >= 11 is 0. The van der Waals surface area contributed by atoms with Crippen molar-refractivity contribution in [2.75, 3.05) is 5.73 Å². The first-order valence-electron chi connectivity index (χ1n) is 4.45. The average molecular weight is 227 g/mol. The van der Waals surface area contributed by atoms with Crippen LogP contribution in [0.2, 0.25) is 0 Å². The zero-order chi connectivity index (χ0) is 11.9. The molecule has 0 aliphatic rings. The van der Waals surface area contributed by atoms with Crippen molar-refractivity contribution in [3.05, 3.63) is 41.5 Å². The highest BCUT2D eigenvalue weighted by molar-refractivity contribution is 5.45. The van der Waals surface area contributed by atoms with Crippen molar-refractivity contribution in [2.45, 2.75) is 6.92 Å². The van der Waals surface area contributed by atoms with Gasteiger partial charge in [-0.15, -0.1) is 0 Å². The predicted octanol–water partition coefficient (Wildman–Crippen LogP) is 2.18. The number of hydrogen-bond acceptors (Lipinski definition) is 2. The summed E-state index contributed by atoms with van der Waals surface area (Å²) in [7, 11) is 0. The van der Waals surface area contributed by atoms with Gasteiger partial charge in [0, 0.05) is 12.1 Å². The Morgan fingerprint density at radius 1 is 1.12 bits per heavy atom. The maximum absolute atomic E-state index is 13.4. The third-order valence-corrected chi connectivity index (χ3v) is 2.27. The number of benzene rings is 1. The number of nitrogens with two attached hydrogens (primary N) is 1. The van der Waals surface area contributed by atoms with Crippen molar-refractivity contribution in [3.63, 3.8) is 0 Å². The summed E-state index contributed by atoms with van der Waals surface area (Å²) < 4.78 is 40.2. The van der Waals surface area contributed by atoms with Crippen LogP contribution in [-0.2, 0) is 0 Å². The van der Waals surface area contributed by atoms with Crippen molar-refractivity contribution >= 4 is 5.69 Å². The summed E-state index contributed by atoms with van der Waals surface area (Å²) in [5, 5.41) is 3.78. The first kappa shape index (κ1) is 10.5. The first-order valence-corrected chi connectivity index (χ1v) is 4.45. The summed E-state index contributed by atoms with van der Waals surface area (Å²) in [5.74, 6) is -3.27. The van der Waals surface area contributed by atoms with Gasteiger partial charge in [0.1, 0.15) is 5.69 Å². The molecule has 0 spiro atoms. The number of rotatable bonds is 1. The van der Waals surface area contributed by atoms with Crippen LogP contribution < -0.4 is 5.73 Å². The van der Waals surface area contributed by atoms with Gasteiger partial charge in [0.15, 0.2) is 17.5 Å². The van der Waals surface area contributed by atoms with E-state index in [1.165, 1.54) is 6.20 Å². The van der Waals surface area contributed by atoms with E-state index in [0.29, 0.717) is 17.4 Å². The Morgan fingerprint density at radius 3 is 2.31 bits per heavy atom. The lowest BCUT2D eigenvalue weighted by atomic mass is 10.2. The van der Waals surface area contributed by atoms with Gasteiger partial charge in [0.25, 0.3) is 0 Å². The molecule has 2 N–H and O–H groups in total. The van der Waals surface area contributed by atoms with Gasteiger partial charge in [-0.25, -0.2) is 17.9 Å². The van der Waals surface area contributed by atoms with Crippen molar-refractivity contribution < 1.29 is 13.2 Å². The summed E-state index contributed by atoms with van der Waals surface area (Å²) in [6, 6.07) is 1.21. The zero-order valence-corrected chi connectivity index (χ0v) is 8.34. The maximum atomic E-state index is 13.4. The molecule has 0 atom stereocenters. The van der Waals surface area contributed by atoms with E-state index in [2.05, 4.69) is 5.10 Å². The van der Waals surface area contributed by atoms with Gasteiger partial charge in [-0.2, -0.15) is 5.10 Å². The summed E-state index contributed by atoms with van der Waals surface area (Å²) in [4.78, 5) is 0. The molecule has 2 rings (SSSR count). The molecule has 0 saturated carbocycles. The van der Waals surface area contributed by atoms with Crippen LogP contribution in [-0.4, -0.2) is 9.78 Å². The van der Waals surface area contributed by atoms with Gasteiger partial charge in [0.05, 0.1) is 17.6 Å². The fourth-order valence-corrected chi connectivity index (χ4v) is 1.34. The monoisotopic (exact) mass is 227 g/mol. The van der Waals surface area contributed by atoms with E-state index in [1.807, 2.05) is 0 Å². The van der Waals surface area contributed by atoms with Crippen LogP contribution in [0.1, 0.15) is 5.69 Å². The number of hydrogen-bond donors (Lipinski definition) is 1. The lowest BCUT2D eigenvalue weighted by molar-refractivity contribution is 0.491. The lowest BCUT2D eigenvalue weighted by Crippen LogP contribution is -2.04. The Balaban J connectivity index is 2.65. The molecule has 1 heterocycles. The van der Waals surface area contributed by atoms with Crippen LogP contribution in [0.3, 0.4) is 0 Å². The minimum atomic E-state index is -1.24. The molecule has 16 heavy (non-hydrogen) atoms. The molecule has 6 heteroatoms. The largest absolute Gasteiger partial charge is 0.396 e. The standard InChI is InChI=1S/C10H8F3N3/c1-5-9(14)4-15-16(5)10-3-7(12)6(11)2-8(10)13/h2-4H,14H2,1H3. The van der Waals surface area contributed by atoms with E-state index in [9.17, 15) is 13.2 Å². The normalized spacial score (nSPS) is 10.8. The fourth-order valence-electron chi connectivity index (χ4n) is 1.34. The molecule has 84 valence electrons. The van der Waals surface area contributed by atoms with Crippen molar-refractivity contribution in [3.8, 4) is 5.69 Å². The number of halogens is 3. The first-order chi connectivity index (χ1) is 7.50. The molecule has 0 fully saturated rings. The average Bonchev–Trinajstić information content (AvgIpc) is 2.54. The third-order valence-electron chi connectivity index (χ3n) is 2.27. The number of anilines is 1. The Bertz CT molecular complexity index is 548. The molecule has 0 saturated heterocycles. The predicted molar refractivity (Wildman–Crippen MR) is 52.6 cm³/mol. The van der Waals surface area contributed by atoms with Crippen LogP contribution in [0, 0.1) is 24.4 Å². The van der Waals surface area contributed by atoms with Gasteiger partial charge in [-0.1, -0.05) is 0 Å². The quantitative estimate of drug-likeness (QED) is 0.759. The number of aromatic nitrogens is 2. The Hall–Kier alpha value is -1.98. The molecule has 2 aromatic rings. The van der Waals surface area contributed by atoms with E-state index >= 15 is 0 Å². The summed E-state index contributed by atoms with van der Waals surface area (Å²) in [6.45, 7) is 1.60. The van der Waals surface area contributed by atoms with Crippen LogP contribution in [0.15, 0.2) is 18.3 Å². The molecule has 1 aromatic carbocycles. The van der Waals surface area contributed by atoms with Crippen LogP contribution in [0.5, 0.6) is 0 Å². The molecule has 0 aliphatic carbocycles. The van der Waals surface area contributed by atoms with E-state index < -0.39 is 17.5 Å². The second kappa shape index (κ2) is 3.55. The van der Waals surface area contributed by atoms with E-state index in [1.54, 1.807) is 6.92 Å². The molecule has 0 amide bonds. The smallest absolute Gasteiger partial charge is 0.161 e. The zero-order valence-electron chi connectivity index (χ0n) is 8.34. The van der Waals surface area contributed by atoms with Crippen molar-refractivity contribution in [1.29, 1.82) is 0 Å². The summed E-state index contributed by atoms with van der Waals surface area (Å²) in [5.41, 5.74) is 6.16. The highest BCUT2D eigenvalue weighted by atomic mass is 19.2. The molecule has 0 aliphatic heterocycles. The van der Waals surface area contributed by atoms with Gasteiger partial charge in [-0.05, 0) is 6.92 Å². The summed E-state index contributed by atoms with van der Waals surface area (Å²) in [6.07, 6.45) is 1.32. The molecular weight excluding hydrogens is 219 g/mol. The highest BCUT2D eigenvalue weighted by Crippen LogP contribution is 2.20. The van der Waals surface area contributed by atoms with E-state index in [-0.39, 0.29) is 5.69 Å². The third kappa shape index (κ3) is 1.52. The molecule has 0 unspecified atom stereocenters. The van der Waals surface area contributed by atoms with Crippen molar-refractivity contribution in [2.24, 2.45) is 0 Å². The Labute approximate surface area is 89.3 Å². The highest BCUT2D eigenvalue weighted by Gasteiger charge is 2.14. The van der Waals surface area contributed by atoms with Crippen LogP contribution >= 0.6 is 0 Å². The number of nitrogen functional groups attached to an aromatic ring is 1. The molecule has 3 nitrogen and oxygen atoms in total. The molecular formula is C10H8F3N3. The second-order valence-corrected chi connectivity index (χ2v) is 3.31. The van der Waals surface area contributed by atoms with Gasteiger partial charge < -0.3 is 5.73 Å².